The zero-order valence-corrected chi connectivity index (χ0v) is 17.6. The number of rotatable bonds is 5. The minimum atomic E-state index is -4.93. The molecule has 32 heavy (non-hydrogen) atoms. The van der Waals surface area contributed by atoms with Crippen LogP contribution in [0.3, 0.4) is 0 Å². The molecule has 6 nitrogen and oxygen atoms in total. The van der Waals surface area contributed by atoms with Crippen LogP contribution in [-0.2, 0) is 17.4 Å². The second-order valence-corrected chi connectivity index (χ2v) is 7.78. The third kappa shape index (κ3) is 4.08. The number of aromatic amines is 1. The molecule has 0 radical (unpaired) electrons. The van der Waals surface area contributed by atoms with Crippen LogP contribution in [-0.4, -0.2) is 27.0 Å². The van der Waals surface area contributed by atoms with Crippen molar-refractivity contribution in [2.24, 2.45) is 0 Å². The molecule has 10 heteroatoms. The van der Waals surface area contributed by atoms with E-state index in [0.717, 1.165) is 21.0 Å². The molecule has 0 spiro atoms. The van der Waals surface area contributed by atoms with Gasteiger partial charge < -0.3 is 10.3 Å². The van der Waals surface area contributed by atoms with Crippen molar-refractivity contribution in [2.45, 2.75) is 25.6 Å². The van der Waals surface area contributed by atoms with Gasteiger partial charge in [-0.1, -0.05) is 23.7 Å². The van der Waals surface area contributed by atoms with Crippen LogP contribution in [0.25, 0.3) is 21.9 Å². The number of fused-ring (bicyclic) bond motifs is 2. The number of hydrogen-bond donors (Lipinski definition) is 2. The van der Waals surface area contributed by atoms with Crippen LogP contribution < -0.4 is 10.9 Å². The lowest BCUT2D eigenvalue weighted by molar-refractivity contribution is -0.142. The van der Waals surface area contributed by atoms with Crippen molar-refractivity contribution in [2.75, 3.05) is 6.54 Å². The molecule has 0 saturated heterocycles. The molecule has 2 heterocycles. The summed E-state index contributed by atoms with van der Waals surface area (Å²) in [6.45, 7) is 1.61. The molecule has 2 N–H and O–H groups in total. The van der Waals surface area contributed by atoms with E-state index in [0.29, 0.717) is 11.4 Å². The van der Waals surface area contributed by atoms with Gasteiger partial charge in [-0.05, 0) is 49.2 Å². The molecule has 4 aromatic rings. The van der Waals surface area contributed by atoms with Crippen LogP contribution in [0.5, 0.6) is 0 Å². The Balaban J connectivity index is 1.58. The lowest BCUT2D eigenvalue weighted by atomic mass is 10.1. The third-order valence-electron chi connectivity index (χ3n) is 5.25. The van der Waals surface area contributed by atoms with Crippen LogP contribution in [0, 0.1) is 0 Å². The maximum atomic E-state index is 13.3. The molecule has 0 aliphatic carbocycles. The summed E-state index contributed by atoms with van der Waals surface area (Å²) in [5.41, 5.74) is -0.939. The van der Waals surface area contributed by atoms with Gasteiger partial charge >= 0.3 is 6.18 Å². The molecule has 0 saturated carbocycles. The first kappa shape index (κ1) is 21.9. The first-order chi connectivity index (χ1) is 15.2. The van der Waals surface area contributed by atoms with Crippen molar-refractivity contribution >= 4 is 39.4 Å². The summed E-state index contributed by atoms with van der Waals surface area (Å²) >= 11 is 6.05. The Labute approximate surface area is 185 Å². The van der Waals surface area contributed by atoms with Crippen LogP contribution in [0.1, 0.15) is 24.2 Å². The van der Waals surface area contributed by atoms with Gasteiger partial charge in [0, 0.05) is 28.7 Å². The summed E-state index contributed by atoms with van der Waals surface area (Å²) in [6.07, 6.45) is -2.65. The predicted molar refractivity (Wildman–Crippen MR) is 116 cm³/mol. The average Bonchev–Trinajstić information content (AvgIpc) is 3.14. The Hall–Kier alpha value is -3.33. The van der Waals surface area contributed by atoms with Crippen LogP contribution in [0.2, 0.25) is 5.02 Å². The fraction of sp³-hybridized carbons (Fsp3) is 0.227. The number of nitrogens with zero attached hydrogens (tertiary/aromatic N) is 2. The molecule has 0 fully saturated rings. The van der Waals surface area contributed by atoms with Crippen molar-refractivity contribution in [3.63, 3.8) is 0 Å². The van der Waals surface area contributed by atoms with Gasteiger partial charge in [-0.25, -0.2) is 4.98 Å². The Morgan fingerprint density at radius 3 is 2.75 bits per heavy atom. The largest absolute Gasteiger partial charge is 0.438 e. The number of hydrogen-bond acceptors (Lipinski definition) is 3. The Kier molecular flexibility index (Phi) is 5.68. The fourth-order valence-corrected chi connectivity index (χ4v) is 3.84. The summed E-state index contributed by atoms with van der Waals surface area (Å²) in [4.78, 5) is 31.9. The van der Waals surface area contributed by atoms with E-state index >= 15 is 0 Å². The summed E-state index contributed by atoms with van der Waals surface area (Å²) in [5.74, 6) is -0.575. The van der Waals surface area contributed by atoms with Crippen molar-refractivity contribution in [1.29, 1.82) is 0 Å². The summed E-state index contributed by atoms with van der Waals surface area (Å²) < 4.78 is 40.9. The minimum absolute atomic E-state index is 0.0188. The summed E-state index contributed by atoms with van der Waals surface area (Å²) in [7, 11) is 0. The number of alkyl halides is 3. The van der Waals surface area contributed by atoms with E-state index in [2.05, 4.69) is 15.3 Å². The van der Waals surface area contributed by atoms with Crippen molar-refractivity contribution in [1.82, 2.24) is 19.9 Å². The number of carbonyl (C=O) groups is 1. The number of benzene rings is 2. The summed E-state index contributed by atoms with van der Waals surface area (Å²) in [6, 6.07) is 10.2. The van der Waals surface area contributed by atoms with Crippen molar-refractivity contribution < 1.29 is 18.0 Å². The Morgan fingerprint density at radius 1 is 1.25 bits per heavy atom. The molecule has 0 unspecified atom stereocenters. The molecule has 2 aromatic carbocycles. The first-order valence-electron chi connectivity index (χ1n) is 9.78. The van der Waals surface area contributed by atoms with E-state index in [9.17, 15) is 22.8 Å². The predicted octanol–water partition coefficient (Wildman–Crippen LogP) is 4.47. The van der Waals surface area contributed by atoms with Gasteiger partial charge in [-0.3, -0.25) is 14.2 Å². The number of H-pyrrole nitrogens is 1. The van der Waals surface area contributed by atoms with Crippen molar-refractivity contribution in [3.8, 4) is 0 Å². The van der Waals surface area contributed by atoms with E-state index in [1.54, 1.807) is 12.1 Å². The third-order valence-corrected chi connectivity index (χ3v) is 5.49. The number of aromatic nitrogens is 3. The van der Waals surface area contributed by atoms with Gasteiger partial charge in [0.1, 0.15) is 6.04 Å². The van der Waals surface area contributed by atoms with Gasteiger partial charge in [0.15, 0.2) is 0 Å². The lowest BCUT2D eigenvalue weighted by Crippen LogP contribution is -2.39. The second kappa shape index (κ2) is 8.31. The lowest BCUT2D eigenvalue weighted by Gasteiger charge is -2.19. The highest BCUT2D eigenvalue weighted by Gasteiger charge is 2.38. The molecule has 0 bridgehead atoms. The molecule has 1 atom stereocenters. The zero-order chi connectivity index (χ0) is 23.0. The highest BCUT2D eigenvalue weighted by molar-refractivity contribution is 6.31. The number of carbonyl (C=O) groups excluding carboxylic acids is 1. The Morgan fingerprint density at radius 2 is 2.00 bits per heavy atom. The van der Waals surface area contributed by atoms with Gasteiger partial charge in [0.2, 0.25) is 11.6 Å². The first-order valence-corrected chi connectivity index (χ1v) is 10.2. The van der Waals surface area contributed by atoms with E-state index in [-0.39, 0.29) is 17.6 Å². The maximum absolute atomic E-state index is 13.3. The maximum Gasteiger partial charge on any atom is 0.438 e. The van der Waals surface area contributed by atoms with Crippen molar-refractivity contribution in [3.05, 3.63) is 75.3 Å². The molecular weight excluding hydrogens is 445 g/mol. The van der Waals surface area contributed by atoms with Gasteiger partial charge in [-0.2, -0.15) is 13.2 Å². The standard InChI is InChI=1S/C22H18ClF3N4O2/c1-12(20(31)27-9-8-13-11-28-16-7-6-14(23)10-15(13)16)30-18-5-3-2-4-17(18)29-19(21(30)32)22(24,25)26/h2-7,10-12,28H,8-9H2,1H3,(H,27,31)/t12-/m0/s1. The molecule has 4 rings (SSSR count). The highest BCUT2D eigenvalue weighted by Crippen LogP contribution is 2.27. The van der Waals surface area contributed by atoms with E-state index in [1.165, 1.54) is 25.1 Å². The number of amides is 1. The number of nitrogens with one attached hydrogen (secondary N) is 2. The zero-order valence-electron chi connectivity index (χ0n) is 16.8. The highest BCUT2D eigenvalue weighted by atomic mass is 35.5. The van der Waals surface area contributed by atoms with Crippen LogP contribution in [0.15, 0.2) is 53.5 Å². The fourth-order valence-electron chi connectivity index (χ4n) is 3.67. The molecule has 166 valence electrons. The number of para-hydroxylation sites is 2. The molecule has 0 aliphatic rings. The molecule has 0 aliphatic heterocycles. The Bertz CT molecular complexity index is 1380. The normalized spacial score (nSPS) is 12.9. The van der Waals surface area contributed by atoms with Gasteiger partial charge in [-0.15, -0.1) is 0 Å². The monoisotopic (exact) mass is 462 g/mol. The van der Waals surface area contributed by atoms with E-state index < -0.39 is 29.4 Å². The topological polar surface area (TPSA) is 79.8 Å². The van der Waals surface area contributed by atoms with Crippen LogP contribution >= 0.6 is 11.6 Å². The molecular formula is C22H18ClF3N4O2. The smallest absolute Gasteiger partial charge is 0.361 e. The average molecular weight is 463 g/mol. The molecule has 2 aromatic heterocycles. The van der Waals surface area contributed by atoms with Crippen LogP contribution in [0.4, 0.5) is 13.2 Å². The molecule has 1 amide bonds. The van der Waals surface area contributed by atoms with E-state index in [1.807, 2.05) is 18.3 Å². The van der Waals surface area contributed by atoms with E-state index in [4.69, 9.17) is 11.6 Å². The second-order valence-electron chi connectivity index (χ2n) is 7.34. The summed E-state index contributed by atoms with van der Waals surface area (Å²) in [5, 5.41) is 4.21. The SMILES string of the molecule is C[C@@H](C(=O)NCCc1c[nH]c2ccc(Cl)cc12)n1c(=O)c(C(F)(F)F)nc2ccccc21. The van der Waals surface area contributed by atoms with Gasteiger partial charge in [0.25, 0.3) is 5.56 Å². The van der Waals surface area contributed by atoms with Gasteiger partial charge in [0.05, 0.1) is 11.0 Å². The number of halogens is 4. The quantitative estimate of drug-likeness (QED) is 0.459. The minimum Gasteiger partial charge on any atom is -0.361 e.